The summed E-state index contributed by atoms with van der Waals surface area (Å²) in [6, 6.07) is 7.96. The standard InChI is InChI=1S/C23H26N4O3S2/c1-6-12-27-20(17-11-9-8-10-14(17)3)25-26-23(27)31-13-18(28)24-21-19(22(29)30-5)16(7-2)15(4)32-21/h6,8-11H,1,7,12-13H2,2-5H3,(H,24,28). The Labute approximate surface area is 195 Å². The molecule has 0 atom stereocenters. The fourth-order valence-corrected chi connectivity index (χ4v) is 5.31. The van der Waals surface area contributed by atoms with Crippen molar-refractivity contribution in [1.29, 1.82) is 0 Å². The maximum atomic E-state index is 12.7. The molecule has 0 unspecified atom stereocenters. The van der Waals surface area contributed by atoms with Crippen LogP contribution in [-0.4, -0.2) is 39.5 Å². The number of hydrogen-bond donors (Lipinski definition) is 1. The number of hydrogen-bond acceptors (Lipinski definition) is 7. The van der Waals surface area contributed by atoms with Crippen molar-refractivity contribution < 1.29 is 14.3 Å². The van der Waals surface area contributed by atoms with Crippen molar-refractivity contribution in [2.24, 2.45) is 0 Å². The Morgan fingerprint density at radius 2 is 2.03 bits per heavy atom. The lowest BCUT2D eigenvalue weighted by atomic mass is 10.1. The molecule has 0 aliphatic rings. The van der Waals surface area contributed by atoms with Crippen LogP contribution < -0.4 is 5.32 Å². The summed E-state index contributed by atoms with van der Waals surface area (Å²) in [7, 11) is 1.34. The number of amides is 1. The highest BCUT2D eigenvalue weighted by Gasteiger charge is 2.23. The molecule has 0 spiro atoms. The quantitative estimate of drug-likeness (QED) is 0.272. The third-order valence-electron chi connectivity index (χ3n) is 4.95. The van der Waals surface area contributed by atoms with Gasteiger partial charge in [0, 0.05) is 17.0 Å². The zero-order valence-electron chi connectivity index (χ0n) is 18.6. The molecule has 0 saturated carbocycles. The second-order valence-electron chi connectivity index (χ2n) is 7.04. The van der Waals surface area contributed by atoms with Crippen molar-refractivity contribution in [3.63, 3.8) is 0 Å². The first-order valence-corrected chi connectivity index (χ1v) is 11.9. The van der Waals surface area contributed by atoms with Gasteiger partial charge in [0.25, 0.3) is 0 Å². The van der Waals surface area contributed by atoms with Gasteiger partial charge in [0.05, 0.1) is 18.4 Å². The predicted octanol–water partition coefficient (Wildman–Crippen LogP) is 4.89. The summed E-state index contributed by atoms with van der Waals surface area (Å²) in [5.41, 5.74) is 3.42. The number of methoxy groups -OCH3 is 1. The van der Waals surface area contributed by atoms with E-state index in [1.54, 1.807) is 6.08 Å². The van der Waals surface area contributed by atoms with E-state index in [4.69, 9.17) is 4.74 Å². The number of carbonyl (C=O) groups excluding carboxylic acids is 2. The number of nitrogens with zero attached hydrogens (tertiary/aromatic N) is 3. The molecule has 1 amide bonds. The Balaban J connectivity index is 1.78. The number of aromatic nitrogens is 3. The van der Waals surface area contributed by atoms with Gasteiger partial charge >= 0.3 is 5.97 Å². The van der Waals surface area contributed by atoms with E-state index in [0.29, 0.717) is 28.7 Å². The highest BCUT2D eigenvalue weighted by atomic mass is 32.2. The van der Waals surface area contributed by atoms with Crippen LogP contribution in [0.5, 0.6) is 0 Å². The second kappa shape index (κ2) is 10.6. The van der Waals surface area contributed by atoms with Crippen LogP contribution in [0.4, 0.5) is 5.00 Å². The molecule has 3 aromatic rings. The number of ether oxygens (including phenoxy) is 1. The van der Waals surface area contributed by atoms with Gasteiger partial charge in [-0.05, 0) is 31.4 Å². The molecule has 32 heavy (non-hydrogen) atoms. The van der Waals surface area contributed by atoms with E-state index < -0.39 is 5.97 Å². The molecule has 2 aromatic heterocycles. The van der Waals surface area contributed by atoms with Gasteiger partial charge in [-0.3, -0.25) is 9.36 Å². The molecule has 0 radical (unpaired) electrons. The molecule has 1 aromatic carbocycles. The molecule has 2 heterocycles. The fraction of sp³-hybridized carbons (Fsp3) is 0.304. The van der Waals surface area contributed by atoms with Gasteiger partial charge < -0.3 is 10.1 Å². The van der Waals surface area contributed by atoms with Gasteiger partial charge in [-0.1, -0.05) is 49.0 Å². The summed E-state index contributed by atoms with van der Waals surface area (Å²) < 4.78 is 6.86. The van der Waals surface area contributed by atoms with E-state index >= 15 is 0 Å². The molecule has 9 heteroatoms. The maximum Gasteiger partial charge on any atom is 0.341 e. The molecule has 0 saturated heterocycles. The average molecular weight is 471 g/mol. The number of rotatable bonds is 9. The van der Waals surface area contributed by atoms with Crippen molar-refractivity contribution >= 4 is 40.0 Å². The van der Waals surface area contributed by atoms with E-state index in [-0.39, 0.29) is 11.7 Å². The Morgan fingerprint density at radius 1 is 1.28 bits per heavy atom. The first kappa shape index (κ1) is 23.7. The lowest BCUT2D eigenvalue weighted by molar-refractivity contribution is -0.113. The Kier molecular flexibility index (Phi) is 7.87. The topological polar surface area (TPSA) is 86.1 Å². The number of esters is 1. The molecule has 0 bridgehead atoms. The van der Waals surface area contributed by atoms with Crippen molar-refractivity contribution in [2.45, 2.75) is 38.9 Å². The number of benzene rings is 1. The molecule has 168 valence electrons. The van der Waals surface area contributed by atoms with Gasteiger partial charge in [-0.2, -0.15) is 0 Å². The largest absolute Gasteiger partial charge is 0.465 e. The van der Waals surface area contributed by atoms with Crippen LogP contribution in [0, 0.1) is 13.8 Å². The minimum atomic E-state index is -0.442. The number of anilines is 1. The highest BCUT2D eigenvalue weighted by molar-refractivity contribution is 7.99. The van der Waals surface area contributed by atoms with E-state index in [2.05, 4.69) is 22.1 Å². The number of nitrogens with one attached hydrogen (secondary N) is 1. The summed E-state index contributed by atoms with van der Waals surface area (Å²) in [4.78, 5) is 26.0. The molecule has 7 nitrogen and oxygen atoms in total. The Hall–Kier alpha value is -2.91. The highest BCUT2D eigenvalue weighted by Crippen LogP contribution is 2.34. The van der Waals surface area contributed by atoms with Crippen LogP contribution >= 0.6 is 23.1 Å². The molecule has 0 fully saturated rings. The molecule has 3 rings (SSSR count). The van der Waals surface area contributed by atoms with Gasteiger partial charge in [-0.25, -0.2) is 4.79 Å². The smallest absolute Gasteiger partial charge is 0.341 e. The van der Waals surface area contributed by atoms with E-state index in [1.165, 1.54) is 30.2 Å². The third-order valence-corrected chi connectivity index (χ3v) is 6.98. The Morgan fingerprint density at radius 3 is 2.69 bits per heavy atom. The van der Waals surface area contributed by atoms with Gasteiger partial charge in [0.2, 0.25) is 5.91 Å². The molecule has 1 N–H and O–H groups in total. The van der Waals surface area contributed by atoms with E-state index in [0.717, 1.165) is 27.4 Å². The normalized spacial score (nSPS) is 10.8. The number of thioether (sulfide) groups is 1. The van der Waals surface area contributed by atoms with Gasteiger partial charge in [-0.15, -0.1) is 28.1 Å². The van der Waals surface area contributed by atoms with Crippen LogP contribution in [0.15, 0.2) is 42.1 Å². The number of aryl methyl sites for hydroxylation is 2. The van der Waals surface area contributed by atoms with Crippen molar-refractivity contribution in [3.8, 4) is 11.4 Å². The fourth-order valence-electron chi connectivity index (χ4n) is 3.42. The third kappa shape index (κ3) is 4.94. The predicted molar refractivity (Wildman–Crippen MR) is 130 cm³/mol. The van der Waals surface area contributed by atoms with Crippen LogP contribution in [0.25, 0.3) is 11.4 Å². The minimum absolute atomic E-state index is 0.127. The minimum Gasteiger partial charge on any atom is -0.465 e. The van der Waals surface area contributed by atoms with Crippen molar-refractivity contribution in [2.75, 3.05) is 18.2 Å². The summed E-state index contributed by atoms with van der Waals surface area (Å²) in [6.45, 7) is 10.3. The summed E-state index contributed by atoms with van der Waals surface area (Å²) in [5, 5.41) is 12.7. The van der Waals surface area contributed by atoms with E-state index in [1.807, 2.05) is 49.6 Å². The zero-order chi connectivity index (χ0) is 23.3. The number of carbonyl (C=O) groups is 2. The molecule has 0 aliphatic carbocycles. The van der Waals surface area contributed by atoms with Crippen LogP contribution in [0.1, 0.15) is 33.3 Å². The zero-order valence-corrected chi connectivity index (χ0v) is 20.2. The summed E-state index contributed by atoms with van der Waals surface area (Å²) in [5.74, 6) is 0.194. The molecular formula is C23H26N4O3S2. The number of allylic oxidation sites excluding steroid dienone is 1. The summed E-state index contributed by atoms with van der Waals surface area (Å²) in [6.07, 6.45) is 2.46. The van der Waals surface area contributed by atoms with Crippen molar-refractivity contribution in [1.82, 2.24) is 14.8 Å². The molecular weight excluding hydrogens is 444 g/mol. The first-order chi connectivity index (χ1) is 15.4. The number of thiophene rings is 1. The summed E-state index contributed by atoms with van der Waals surface area (Å²) >= 11 is 2.68. The maximum absolute atomic E-state index is 12.7. The molecule has 0 aliphatic heterocycles. The lowest BCUT2D eigenvalue weighted by Gasteiger charge is -2.10. The van der Waals surface area contributed by atoms with Gasteiger partial charge in [0.1, 0.15) is 5.00 Å². The average Bonchev–Trinajstić information content (AvgIpc) is 3.32. The second-order valence-corrected chi connectivity index (χ2v) is 9.21. The lowest BCUT2D eigenvalue weighted by Crippen LogP contribution is -2.16. The van der Waals surface area contributed by atoms with Crippen LogP contribution in [-0.2, 0) is 22.5 Å². The van der Waals surface area contributed by atoms with Crippen LogP contribution in [0.3, 0.4) is 0 Å². The monoisotopic (exact) mass is 470 g/mol. The Bertz CT molecular complexity index is 1150. The van der Waals surface area contributed by atoms with Gasteiger partial charge in [0.15, 0.2) is 11.0 Å². The van der Waals surface area contributed by atoms with Crippen LogP contribution in [0.2, 0.25) is 0 Å². The SMILES string of the molecule is C=CCn1c(SCC(=O)Nc2sc(C)c(CC)c2C(=O)OC)nnc1-c1ccccc1C. The van der Waals surface area contributed by atoms with E-state index in [9.17, 15) is 9.59 Å². The van der Waals surface area contributed by atoms with Crippen molar-refractivity contribution in [3.05, 3.63) is 58.5 Å². The first-order valence-electron chi connectivity index (χ1n) is 10.1.